The molecule has 0 aromatic rings. The average Bonchev–Trinajstić information content (AvgIpc) is 2.16. The van der Waals surface area contributed by atoms with Crippen molar-refractivity contribution in [2.24, 2.45) is 11.7 Å². The molecule has 90 valence electrons. The molecule has 1 unspecified atom stereocenters. The molecular weight excluding hydrogens is 186 g/mol. The lowest BCUT2D eigenvalue weighted by Gasteiger charge is -2.47. The zero-order valence-electron chi connectivity index (χ0n) is 10.8. The van der Waals surface area contributed by atoms with Crippen molar-refractivity contribution >= 4 is 0 Å². The van der Waals surface area contributed by atoms with E-state index in [9.17, 15) is 0 Å². The lowest BCUT2D eigenvalue weighted by molar-refractivity contribution is 0.0376. The number of nitrogens with zero attached hydrogens (tertiary/aromatic N) is 2. The van der Waals surface area contributed by atoms with Gasteiger partial charge < -0.3 is 10.6 Å². The van der Waals surface area contributed by atoms with Gasteiger partial charge in [0.1, 0.15) is 0 Å². The van der Waals surface area contributed by atoms with Gasteiger partial charge in [-0.15, -0.1) is 0 Å². The van der Waals surface area contributed by atoms with Crippen LogP contribution in [0.2, 0.25) is 0 Å². The SMILES string of the molecule is CC(C)CN(C)C1(CN)CCCN(C)C1. The van der Waals surface area contributed by atoms with Crippen molar-refractivity contribution in [3.63, 3.8) is 0 Å². The first-order valence-corrected chi connectivity index (χ1v) is 6.10. The van der Waals surface area contributed by atoms with E-state index in [-0.39, 0.29) is 5.54 Å². The molecule has 0 aromatic carbocycles. The van der Waals surface area contributed by atoms with Crippen molar-refractivity contribution in [1.29, 1.82) is 0 Å². The molecule has 1 aliphatic heterocycles. The molecule has 3 heteroatoms. The van der Waals surface area contributed by atoms with E-state index in [1.54, 1.807) is 0 Å². The lowest BCUT2D eigenvalue weighted by atomic mass is 9.87. The predicted molar refractivity (Wildman–Crippen MR) is 66.0 cm³/mol. The fraction of sp³-hybridized carbons (Fsp3) is 1.00. The minimum atomic E-state index is 0.220. The Hall–Kier alpha value is -0.120. The fourth-order valence-corrected chi connectivity index (χ4v) is 2.71. The number of rotatable bonds is 4. The highest BCUT2D eigenvalue weighted by Gasteiger charge is 2.36. The topological polar surface area (TPSA) is 32.5 Å². The van der Waals surface area contributed by atoms with E-state index < -0.39 is 0 Å². The first kappa shape index (κ1) is 12.9. The largest absolute Gasteiger partial charge is 0.329 e. The number of likely N-dealkylation sites (N-methyl/N-ethyl adjacent to an activating group) is 2. The van der Waals surface area contributed by atoms with Gasteiger partial charge in [0.2, 0.25) is 0 Å². The van der Waals surface area contributed by atoms with Crippen LogP contribution in [0.5, 0.6) is 0 Å². The molecule has 1 fully saturated rings. The molecule has 0 amide bonds. The third kappa shape index (κ3) is 3.16. The highest BCUT2D eigenvalue weighted by atomic mass is 15.3. The van der Waals surface area contributed by atoms with E-state index in [0.29, 0.717) is 5.92 Å². The molecule has 1 saturated heterocycles. The maximum Gasteiger partial charge on any atom is 0.0455 e. The van der Waals surface area contributed by atoms with E-state index >= 15 is 0 Å². The first-order valence-electron chi connectivity index (χ1n) is 6.10. The predicted octanol–water partition coefficient (Wildman–Crippen LogP) is 0.997. The van der Waals surface area contributed by atoms with E-state index in [1.807, 2.05) is 0 Å². The summed E-state index contributed by atoms with van der Waals surface area (Å²) in [5.74, 6) is 0.714. The van der Waals surface area contributed by atoms with Crippen LogP contribution in [0.3, 0.4) is 0 Å². The van der Waals surface area contributed by atoms with E-state index in [4.69, 9.17) is 5.73 Å². The van der Waals surface area contributed by atoms with Crippen molar-refractivity contribution in [3.8, 4) is 0 Å². The van der Waals surface area contributed by atoms with E-state index in [1.165, 1.54) is 19.4 Å². The zero-order valence-corrected chi connectivity index (χ0v) is 10.8. The minimum absolute atomic E-state index is 0.220. The third-order valence-electron chi connectivity index (χ3n) is 3.57. The molecule has 0 aliphatic carbocycles. The summed E-state index contributed by atoms with van der Waals surface area (Å²) in [6, 6.07) is 0. The summed E-state index contributed by atoms with van der Waals surface area (Å²) in [6.07, 6.45) is 2.52. The van der Waals surface area contributed by atoms with Crippen molar-refractivity contribution in [1.82, 2.24) is 9.80 Å². The molecule has 1 aliphatic rings. The Kier molecular flexibility index (Phi) is 4.56. The van der Waals surface area contributed by atoms with Crippen LogP contribution >= 0.6 is 0 Å². The minimum Gasteiger partial charge on any atom is -0.329 e. The Labute approximate surface area is 94.6 Å². The monoisotopic (exact) mass is 213 g/mol. The summed E-state index contributed by atoms with van der Waals surface area (Å²) in [4.78, 5) is 4.89. The second-order valence-electron chi connectivity index (χ2n) is 5.54. The molecule has 2 N–H and O–H groups in total. The summed E-state index contributed by atoms with van der Waals surface area (Å²) >= 11 is 0. The molecular formula is C12H27N3. The van der Waals surface area contributed by atoms with Crippen LogP contribution < -0.4 is 5.73 Å². The van der Waals surface area contributed by atoms with Crippen molar-refractivity contribution in [3.05, 3.63) is 0 Å². The highest BCUT2D eigenvalue weighted by molar-refractivity contribution is 4.95. The molecule has 0 spiro atoms. The summed E-state index contributed by atoms with van der Waals surface area (Å²) in [6.45, 7) is 8.80. The maximum absolute atomic E-state index is 6.01. The normalized spacial score (nSPS) is 29.0. The summed E-state index contributed by atoms with van der Waals surface area (Å²) in [5, 5.41) is 0. The summed E-state index contributed by atoms with van der Waals surface area (Å²) in [7, 11) is 4.43. The molecule has 0 radical (unpaired) electrons. The highest BCUT2D eigenvalue weighted by Crippen LogP contribution is 2.25. The van der Waals surface area contributed by atoms with Crippen molar-refractivity contribution in [2.45, 2.75) is 32.2 Å². The second kappa shape index (κ2) is 5.28. The van der Waals surface area contributed by atoms with E-state index in [0.717, 1.165) is 19.6 Å². The fourth-order valence-electron chi connectivity index (χ4n) is 2.71. The summed E-state index contributed by atoms with van der Waals surface area (Å²) < 4.78 is 0. The Morgan fingerprint density at radius 2 is 2.13 bits per heavy atom. The number of hydrogen-bond donors (Lipinski definition) is 1. The molecule has 1 rings (SSSR count). The van der Waals surface area contributed by atoms with Crippen LogP contribution in [0.1, 0.15) is 26.7 Å². The lowest BCUT2D eigenvalue weighted by Crippen LogP contribution is -2.61. The number of piperidine rings is 1. The van der Waals surface area contributed by atoms with Crippen LogP contribution in [0.15, 0.2) is 0 Å². The van der Waals surface area contributed by atoms with Crippen molar-refractivity contribution in [2.75, 3.05) is 40.3 Å². The number of nitrogens with two attached hydrogens (primary N) is 1. The Balaban J connectivity index is 2.65. The molecule has 15 heavy (non-hydrogen) atoms. The molecule has 1 atom stereocenters. The van der Waals surface area contributed by atoms with Gasteiger partial charge in [-0.3, -0.25) is 4.90 Å². The molecule has 0 aromatic heterocycles. The van der Waals surface area contributed by atoms with Gasteiger partial charge in [0.25, 0.3) is 0 Å². The van der Waals surface area contributed by atoms with Gasteiger partial charge >= 0.3 is 0 Å². The Morgan fingerprint density at radius 3 is 2.60 bits per heavy atom. The van der Waals surface area contributed by atoms with Gasteiger partial charge in [-0.25, -0.2) is 0 Å². The number of likely N-dealkylation sites (tertiary alicyclic amines) is 1. The smallest absolute Gasteiger partial charge is 0.0455 e. The first-order chi connectivity index (χ1) is 7.00. The average molecular weight is 213 g/mol. The second-order valence-corrected chi connectivity index (χ2v) is 5.54. The van der Waals surface area contributed by atoms with Crippen LogP contribution in [0, 0.1) is 5.92 Å². The molecule has 3 nitrogen and oxygen atoms in total. The Morgan fingerprint density at radius 1 is 1.47 bits per heavy atom. The Bertz CT molecular complexity index is 193. The van der Waals surface area contributed by atoms with Crippen LogP contribution in [-0.2, 0) is 0 Å². The van der Waals surface area contributed by atoms with Crippen LogP contribution in [0.25, 0.3) is 0 Å². The molecule has 0 saturated carbocycles. The van der Waals surface area contributed by atoms with Crippen molar-refractivity contribution < 1.29 is 0 Å². The van der Waals surface area contributed by atoms with Gasteiger partial charge in [0.05, 0.1) is 0 Å². The molecule has 0 bridgehead atoms. The van der Waals surface area contributed by atoms with Gasteiger partial charge in [-0.1, -0.05) is 13.8 Å². The van der Waals surface area contributed by atoms with E-state index in [2.05, 4.69) is 37.7 Å². The summed E-state index contributed by atoms with van der Waals surface area (Å²) in [5.41, 5.74) is 6.23. The van der Waals surface area contributed by atoms with Gasteiger partial charge in [-0.05, 0) is 39.4 Å². The zero-order chi connectivity index (χ0) is 11.5. The third-order valence-corrected chi connectivity index (χ3v) is 3.57. The molecule has 1 heterocycles. The van der Waals surface area contributed by atoms with Crippen LogP contribution in [0.4, 0.5) is 0 Å². The quantitative estimate of drug-likeness (QED) is 0.756. The van der Waals surface area contributed by atoms with Crippen LogP contribution in [-0.4, -0.2) is 55.6 Å². The van der Waals surface area contributed by atoms with Gasteiger partial charge in [0, 0.05) is 25.2 Å². The maximum atomic E-state index is 6.01. The number of hydrogen-bond acceptors (Lipinski definition) is 3. The van der Waals surface area contributed by atoms with Gasteiger partial charge in [-0.2, -0.15) is 0 Å². The standard InChI is InChI=1S/C12H27N3/c1-11(2)8-15(4)12(9-13)6-5-7-14(3)10-12/h11H,5-10,13H2,1-4H3. The van der Waals surface area contributed by atoms with Gasteiger partial charge in [0.15, 0.2) is 0 Å².